The number of hydrogen-bond acceptors (Lipinski definition) is 5. The number of benzene rings is 1. The fraction of sp³-hybridized carbons (Fsp3) is 0.462. The van der Waals surface area contributed by atoms with Gasteiger partial charge in [-0.15, -0.1) is 0 Å². The highest BCUT2D eigenvalue weighted by Crippen LogP contribution is 2.32. The Balaban J connectivity index is 3.04. The Bertz CT molecular complexity index is 474. The first-order valence-electron chi connectivity index (χ1n) is 5.80. The molecule has 8 heteroatoms. The molecule has 0 heterocycles. The molecule has 0 aliphatic carbocycles. The summed E-state index contributed by atoms with van der Waals surface area (Å²) in [5.74, 6) is -0.261. The molecule has 21 heavy (non-hydrogen) atoms. The van der Waals surface area contributed by atoms with Gasteiger partial charge in [0, 0.05) is 0 Å². The van der Waals surface area contributed by atoms with Crippen molar-refractivity contribution in [3.05, 3.63) is 23.3 Å². The Kier molecular flexibility index (Phi) is 5.83. The van der Waals surface area contributed by atoms with E-state index in [2.05, 4.69) is 9.47 Å². The lowest BCUT2D eigenvalue weighted by Gasteiger charge is -2.15. The lowest BCUT2D eigenvalue weighted by molar-refractivity contribution is -0.176. The minimum Gasteiger partial charge on any atom is -0.496 e. The molecule has 0 aromatic heterocycles. The average molecular weight is 308 g/mol. The predicted octanol–water partition coefficient (Wildman–Crippen LogP) is 2.57. The SMILES string of the molecule is COC(=O)c1cc(OC)c(COCC(F)(F)F)c(OC)c1. The summed E-state index contributed by atoms with van der Waals surface area (Å²) in [6.45, 7) is -1.76. The lowest BCUT2D eigenvalue weighted by atomic mass is 10.1. The maximum absolute atomic E-state index is 12.1. The molecule has 0 radical (unpaired) electrons. The first-order chi connectivity index (χ1) is 9.82. The summed E-state index contributed by atoms with van der Waals surface area (Å²) >= 11 is 0. The number of alkyl halides is 3. The van der Waals surface area contributed by atoms with Crippen LogP contribution >= 0.6 is 0 Å². The van der Waals surface area contributed by atoms with Crippen molar-refractivity contribution in [2.24, 2.45) is 0 Å². The number of methoxy groups -OCH3 is 3. The summed E-state index contributed by atoms with van der Waals surface area (Å²) in [6, 6.07) is 2.70. The minimum atomic E-state index is -4.42. The molecule has 0 aliphatic rings. The largest absolute Gasteiger partial charge is 0.496 e. The Morgan fingerprint density at radius 3 is 2.00 bits per heavy atom. The van der Waals surface area contributed by atoms with E-state index in [-0.39, 0.29) is 29.2 Å². The zero-order chi connectivity index (χ0) is 16.0. The van der Waals surface area contributed by atoms with E-state index in [1.807, 2.05) is 0 Å². The van der Waals surface area contributed by atoms with Crippen molar-refractivity contribution in [3.63, 3.8) is 0 Å². The van der Waals surface area contributed by atoms with Crippen LogP contribution in [0.4, 0.5) is 13.2 Å². The zero-order valence-corrected chi connectivity index (χ0v) is 11.7. The van der Waals surface area contributed by atoms with Crippen LogP contribution in [0.2, 0.25) is 0 Å². The number of esters is 1. The third-order valence-electron chi connectivity index (χ3n) is 2.54. The molecule has 1 aromatic rings. The minimum absolute atomic E-state index is 0.158. The summed E-state index contributed by atoms with van der Waals surface area (Å²) in [7, 11) is 3.85. The van der Waals surface area contributed by atoms with Gasteiger partial charge in [-0.3, -0.25) is 0 Å². The van der Waals surface area contributed by atoms with Crippen molar-refractivity contribution >= 4 is 5.97 Å². The highest BCUT2D eigenvalue weighted by atomic mass is 19.4. The van der Waals surface area contributed by atoms with Gasteiger partial charge in [-0.05, 0) is 12.1 Å². The number of hydrogen-bond donors (Lipinski definition) is 0. The molecule has 0 saturated heterocycles. The molecule has 5 nitrogen and oxygen atoms in total. The topological polar surface area (TPSA) is 54.0 Å². The standard InChI is InChI=1S/C13H15F3O5/c1-18-10-4-8(12(17)20-3)5-11(19-2)9(10)6-21-7-13(14,15)16/h4-5H,6-7H2,1-3H3. The van der Waals surface area contributed by atoms with Crippen LogP contribution in [0.3, 0.4) is 0 Å². The molecule has 0 unspecified atom stereocenters. The predicted molar refractivity (Wildman–Crippen MR) is 66.6 cm³/mol. The number of rotatable bonds is 6. The molecule has 0 fully saturated rings. The van der Waals surface area contributed by atoms with E-state index in [0.29, 0.717) is 0 Å². The highest BCUT2D eigenvalue weighted by molar-refractivity contribution is 5.90. The number of carbonyl (C=O) groups is 1. The zero-order valence-electron chi connectivity index (χ0n) is 11.7. The fourth-order valence-electron chi connectivity index (χ4n) is 1.63. The van der Waals surface area contributed by atoms with E-state index in [1.54, 1.807) is 0 Å². The third kappa shape index (κ3) is 4.82. The normalized spacial score (nSPS) is 11.1. The summed E-state index contributed by atoms with van der Waals surface area (Å²) < 4.78 is 55.6. The van der Waals surface area contributed by atoms with Crippen molar-refractivity contribution in [3.8, 4) is 11.5 Å². The van der Waals surface area contributed by atoms with Gasteiger partial charge in [0.1, 0.15) is 18.1 Å². The lowest BCUT2D eigenvalue weighted by Crippen LogP contribution is -2.17. The summed E-state index contributed by atoms with van der Waals surface area (Å²) in [5, 5.41) is 0. The second-order valence-electron chi connectivity index (χ2n) is 3.96. The molecular formula is C13H15F3O5. The van der Waals surface area contributed by atoms with E-state index in [1.165, 1.54) is 33.5 Å². The molecule has 0 N–H and O–H groups in total. The van der Waals surface area contributed by atoms with E-state index < -0.39 is 18.8 Å². The molecular weight excluding hydrogens is 293 g/mol. The van der Waals surface area contributed by atoms with Gasteiger partial charge in [0.25, 0.3) is 0 Å². The van der Waals surface area contributed by atoms with Crippen LogP contribution in [0.25, 0.3) is 0 Å². The molecule has 0 bridgehead atoms. The summed E-state index contributed by atoms with van der Waals surface area (Å²) in [6.07, 6.45) is -4.42. The Hall–Kier alpha value is -1.96. The van der Waals surface area contributed by atoms with Gasteiger partial charge in [-0.1, -0.05) is 0 Å². The van der Waals surface area contributed by atoms with Crippen molar-refractivity contribution in [2.75, 3.05) is 27.9 Å². The number of carbonyl (C=O) groups excluding carboxylic acids is 1. The van der Waals surface area contributed by atoms with Crippen LogP contribution in [0.15, 0.2) is 12.1 Å². The fourth-order valence-corrected chi connectivity index (χ4v) is 1.63. The molecule has 0 aliphatic heterocycles. The third-order valence-corrected chi connectivity index (χ3v) is 2.54. The van der Waals surface area contributed by atoms with Crippen molar-refractivity contribution in [1.82, 2.24) is 0 Å². The van der Waals surface area contributed by atoms with Crippen LogP contribution in [-0.4, -0.2) is 40.1 Å². The van der Waals surface area contributed by atoms with Crippen molar-refractivity contribution < 1.29 is 36.9 Å². The van der Waals surface area contributed by atoms with E-state index in [4.69, 9.17) is 9.47 Å². The van der Waals surface area contributed by atoms with Crippen molar-refractivity contribution in [1.29, 1.82) is 0 Å². The van der Waals surface area contributed by atoms with Gasteiger partial charge in [0.05, 0.1) is 39.1 Å². The van der Waals surface area contributed by atoms with Crippen LogP contribution in [0.5, 0.6) is 11.5 Å². The van der Waals surface area contributed by atoms with Gasteiger partial charge in [-0.25, -0.2) is 4.79 Å². The second-order valence-corrected chi connectivity index (χ2v) is 3.96. The van der Waals surface area contributed by atoms with E-state index >= 15 is 0 Å². The molecule has 118 valence electrons. The Morgan fingerprint density at radius 1 is 1.10 bits per heavy atom. The molecule has 0 atom stereocenters. The second kappa shape index (κ2) is 7.16. The Morgan fingerprint density at radius 2 is 1.62 bits per heavy atom. The molecule has 1 aromatic carbocycles. The van der Waals surface area contributed by atoms with Gasteiger partial charge < -0.3 is 18.9 Å². The molecule has 0 saturated carbocycles. The van der Waals surface area contributed by atoms with Crippen LogP contribution in [0.1, 0.15) is 15.9 Å². The number of ether oxygens (including phenoxy) is 4. The molecule has 0 amide bonds. The smallest absolute Gasteiger partial charge is 0.411 e. The van der Waals surface area contributed by atoms with Gasteiger partial charge in [0.15, 0.2) is 0 Å². The van der Waals surface area contributed by atoms with Gasteiger partial charge in [0.2, 0.25) is 0 Å². The summed E-state index contributed by atoms with van der Waals surface area (Å²) in [5.41, 5.74) is 0.433. The van der Waals surface area contributed by atoms with E-state index in [0.717, 1.165) is 0 Å². The summed E-state index contributed by atoms with van der Waals surface area (Å²) in [4.78, 5) is 11.5. The quantitative estimate of drug-likeness (QED) is 0.756. The maximum Gasteiger partial charge on any atom is 0.411 e. The first kappa shape index (κ1) is 17.1. The van der Waals surface area contributed by atoms with Crippen molar-refractivity contribution in [2.45, 2.75) is 12.8 Å². The highest BCUT2D eigenvalue weighted by Gasteiger charge is 2.28. The van der Waals surface area contributed by atoms with Crippen LogP contribution < -0.4 is 9.47 Å². The first-order valence-corrected chi connectivity index (χ1v) is 5.80. The maximum atomic E-state index is 12.1. The van der Waals surface area contributed by atoms with Crippen LogP contribution in [0, 0.1) is 0 Å². The van der Waals surface area contributed by atoms with Crippen LogP contribution in [-0.2, 0) is 16.1 Å². The molecule has 0 spiro atoms. The van der Waals surface area contributed by atoms with Gasteiger partial charge >= 0.3 is 12.1 Å². The Labute approximate surface area is 119 Å². The monoisotopic (exact) mass is 308 g/mol. The molecule has 1 rings (SSSR count). The van der Waals surface area contributed by atoms with E-state index in [9.17, 15) is 18.0 Å². The van der Waals surface area contributed by atoms with Gasteiger partial charge in [-0.2, -0.15) is 13.2 Å². The average Bonchev–Trinajstić information content (AvgIpc) is 2.44. The number of halogens is 3.